The van der Waals surface area contributed by atoms with E-state index in [9.17, 15) is 10.2 Å². The van der Waals surface area contributed by atoms with Crippen LogP contribution in [0.5, 0.6) is 0 Å². The molecule has 1 fully saturated rings. The van der Waals surface area contributed by atoms with E-state index in [0.29, 0.717) is 0 Å². The van der Waals surface area contributed by atoms with Crippen LogP contribution >= 0.6 is 0 Å². The van der Waals surface area contributed by atoms with E-state index in [1.165, 1.54) is 11.1 Å². The SMILES string of the molecule is CCN1C(=CC2C(O)C(C=C3C=Cc4ccccc4N3CC)C2O)C=Cc2ccccc21. The third-order valence-corrected chi connectivity index (χ3v) is 6.88. The Morgan fingerprint density at radius 3 is 1.47 bits per heavy atom. The third kappa shape index (κ3) is 3.40. The van der Waals surface area contributed by atoms with Crippen LogP contribution in [0.15, 0.2) is 84.2 Å². The molecule has 0 spiro atoms. The summed E-state index contributed by atoms with van der Waals surface area (Å²) < 4.78 is 0. The number of allylic oxidation sites excluding steroid dienone is 2. The summed E-state index contributed by atoms with van der Waals surface area (Å²) in [7, 11) is 0. The Hall–Kier alpha value is -3.08. The molecule has 2 aromatic carbocycles. The van der Waals surface area contributed by atoms with Crippen LogP contribution in [0, 0.1) is 11.8 Å². The van der Waals surface area contributed by atoms with E-state index < -0.39 is 12.2 Å². The van der Waals surface area contributed by atoms with Gasteiger partial charge >= 0.3 is 0 Å². The van der Waals surface area contributed by atoms with Gasteiger partial charge in [0.05, 0.1) is 12.2 Å². The monoisotopic (exact) mass is 426 g/mol. The van der Waals surface area contributed by atoms with Crippen LogP contribution in [-0.4, -0.2) is 35.5 Å². The first kappa shape index (κ1) is 20.8. The molecule has 32 heavy (non-hydrogen) atoms. The Morgan fingerprint density at radius 1 is 0.656 bits per heavy atom. The van der Waals surface area contributed by atoms with Gasteiger partial charge in [-0.2, -0.15) is 0 Å². The predicted octanol–water partition coefficient (Wildman–Crippen LogP) is 4.83. The third-order valence-electron chi connectivity index (χ3n) is 6.88. The Balaban J connectivity index is 1.38. The maximum Gasteiger partial charge on any atom is 0.0717 e. The van der Waals surface area contributed by atoms with Crippen LogP contribution in [0.25, 0.3) is 12.2 Å². The van der Waals surface area contributed by atoms with Crippen molar-refractivity contribution in [2.24, 2.45) is 11.8 Å². The zero-order valence-corrected chi connectivity index (χ0v) is 18.6. The number of rotatable bonds is 4. The van der Waals surface area contributed by atoms with Crippen molar-refractivity contribution in [3.8, 4) is 0 Å². The summed E-state index contributed by atoms with van der Waals surface area (Å²) in [6.07, 6.45) is 11.2. The maximum absolute atomic E-state index is 11.0. The lowest BCUT2D eigenvalue weighted by Gasteiger charge is -2.45. The summed E-state index contributed by atoms with van der Waals surface area (Å²) in [5, 5.41) is 21.9. The Bertz CT molecular complexity index is 1030. The molecular formula is C28H30N2O2. The number of benzene rings is 2. The van der Waals surface area contributed by atoms with Gasteiger partial charge in [-0.05, 0) is 49.3 Å². The van der Waals surface area contributed by atoms with Gasteiger partial charge < -0.3 is 20.0 Å². The molecule has 3 aliphatic rings. The van der Waals surface area contributed by atoms with Crippen molar-refractivity contribution >= 4 is 23.5 Å². The molecule has 2 N–H and O–H groups in total. The molecule has 2 aliphatic heterocycles. The summed E-state index contributed by atoms with van der Waals surface area (Å²) in [5.41, 5.74) is 6.76. The van der Waals surface area contributed by atoms with E-state index in [0.717, 1.165) is 35.9 Å². The van der Waals surface area contributed by atoms with E-state index >= 15 is 0 Å². The highest BCUT2D eigenvalue weighted by Crippen LogP contribution is 2.41. The number of fused-ring (bicyclic) bond motifs is 2. The van der Waals surface area contributed by atoms with E-state index in [-0.39, 0.29) is 11.8 Å². The molecule has 2 aromatic rings. The summed E-state index contributed by atoms with van der Waals surface area (Å²) in [6.45, 7) is 5.90. The molecule has 5 rings (SSSR count). The standard InChI is InChI=1S/C28H30N2O2/c1-3-29-21(15-13-19-9-5-7-11-25(19)29)17-23-27(31)24(28(23)32)18-22-16-14-20-10-6-8-12-26(20)30(22)4-2/h5-18,23-24,27-28,31-32H,3-4H2,1-2H3. The topological polar surface area (TPSA) is 46.9 Å². The van der Waals surface area contributed by atoms with Gasteiger partial charge in [-0.3, -0.25) is 0 Å². The van der Waals surface area contributed by atoms with Crippen LogP contribution in [-0.2, 0) is 0 Å². The summed E-state index contributed by atoms with van der Waals surface area (Å²) >= 11 is 0. The number of aliphatic hydroxyl groups excluding tert-OH is 2. The van der Waals surface area contributed by atoms with Crippen LogP contribution in [0.2, 0.25) is 0 Å². The van der Waals surface area contributed by atoms with Crippen molar-refractivity contribution in [2.45, 2.75) is 26.1 Å². The second kappa shape index (κ2) is 8.45. The van der Waals surface area contributed by atoms with Crippen LogP contribution < -0.4 is 9.80 Å². The molecule has 0 bridgehead atoms. The Labute approximate surface area is 190 Å². The highest BCUT2D eigenvalue weighted by molar-refractivity contribution is 5.77. The average molecular weight is 427 g/mol. The molecule has 0 aromatic heterocycles. The molecule has 0 unspecified atom stereocenters. The van der Waals surface area contributed by atoms with Gasteiger partial charge in [-0.1, -0.05) is 60.7 Å². The number of anilines is 2. The van der Waals surface area contributed by atoms with Crippen molar-refractivity contribution in [2.75, 3.05) is 22.9 Å². The van der Waals surface area contributed by atoms with Crippen LogP contribution in [0.3, 0.4) is 0 Å². The number of hydrogen-bond acceptors (Lipinski definition) is 4. The summed E-state index contributed by atoms with van der Waals surface area (Å²) in [5.74, 6) is -0.573. The quantitative estimate of drug-likeness (QED) is 0.735. The molecule has 4 nitrogen and oxygen atoms in total. The largest absolute Gasteiger partial charge is 0.392 e. The predicted molar refractivity (Wildman–Crippen MR) is 132 cm³/mol. The molecule has 0 atom stereocenters. The van der Waals surface area contributed by atoms with Crippen molar-refractivity contribution in [1.29, 1.82) is 0 Å². The van der Waals surface area contributed by atoms with Gasteiger partial charge in [0, 0.05) is 47.7 Å². The fraction of sp³-hybridized carbons (Fsp3) is 0.286. The summed E-state index contributed by atoms with van der Waals surface area (Å²) in [6, 6.07) is 16.6. The minimum absolute atomic E-state index is 0.286. The normalized spacial score (nSPS) is 28.6. The van der Waals surface area contributed by atoms with Gasteiger partial charge in [0.25, 0.3) is 0 Å². The molecule has 2 heterocycles. The van der Waals surface area contributed by atoms with Gasteiger partial charge in [0.2, 0.25) is 0 Å². The zero-order valence-electron chi connectivity index (χ0n) is 18.6. The summed E-state index contributed by atoms with van der Waals surface area (Å²) in [4.78, 5) is 4.47. The van der Waals surface area contributed by atoms with Gasteiger partial charge in [0.15, 0.2) is 0 Å². The van der Waals surface area contributed by atoms with Crippen LogP contribution in [0.1, 0.15) is 25.0 Å². The zero-order chi connectivity index (χ0) is 22.2. The Morgan fingerprint density at radius 2 is 1.06 bits per heavy atom. The number of nitrogens with zero attached hydrogens (tertiary/aromatic N) is 2. The van der Waals surface area contributed by atoms with Crippen LogP contribution in [0.4, 0.5) is 11.4 Å². The second-order valence-corrected chi connectivity index (χ2v) is 8.59. The molecule has 1 saturated carbocycles. The molecule has 164 valence electrons. The first-order valence-electron chi connectivity index (χ1n) is 11.5. The Kier molecular flexibility index (Phi) is 5.50. The minimum atomic E-state index is -0.612. The maximum atomic E-state index is 11.0. The van der Waals surface area contributed by atoms with E-state index in [1.807, 2.05) is 36.4 Å². The van der Waals surface area contributed by atoms with E-state index in [1.54, 1.807) is 0 Å². The van der Waals surface area contributed by atoms with Crippen molar-refractivity contribution in [3.63, 3.8) is 0 Å². The lowest BCUT2D eigenvalue weighted by atomic mass is 9.68. The molecular weight excluding hydrogens is 396 g/mol. The lowest BCUT2D eigenvalue weighted by Crippen LogP contribution is -2.54. The fourth-order valence-electron chi connectivity index (χ4n) is 5.11. The first-order valence-corrected chi connectivity index (χ1v) is 11.5. The molecule has 0 radical (unpaired) electrons. The number of hydrogen-bond donors (Lipinski definition) is 2. The molecule has 4 heteroatoms. The first-order chi connectivity index (χ1) is 15.6. The molecule has 0 amide bonds. The highest BCUT2D eigenvalue weighted by atomic mass is 16.3. The fourth-order valence-corrected chi connectivity index (χ4v) is 5.11. The highest BCUT2D eigenvalue weighted by Gasteiger charge is 2.47. The van der Waals surface area contributed by atoms with Gasteiger partial charge in [-0.15, -0.1) is 0 Å². The molecule has 0 saturated heterocycles. The second-order valence-electron chi connectivity index (χ2n) is 8.59. The van der Waals surface area contributed by atoms with Crippen molar-refractivity contribution in [1.82, 2.24) is 0 Å². The number of para-hydroxylation sites is 2. The van der Waals surface area contributed by atoms with Crippen molar-refractivity contribution in [3.05, 3.63) is 95.4 Å². The number of likely N-dealkylation sites (N-methyl/N-ethyl adjacent to an activating group) is 2. The minimum Gasteiger partial charge on any atom is -0.392 e. The average Bonchev–Trinajstić information content (AvgIpc) is 2.84. The smallest absolute Gasteiger partial charge is 0.0717 e. The van der Waals surface area contributed by atoms with Gasteiger partial charge in [0.1, 0.15) is 0 Å². The molecule has 1 aliphatic carbocycles. The van der Waals surface area contributed by atoms with Crippen molar-refractivity contribution < 1.29 is 10.2 Å². The number of aliphatic hydroxyl groups is 2. The van der Waals surface area contributed by atoms with E-state index in [4.69, 9.17) is 0 Å². The lowest BCUT2D eigenvalue weighted by molar-refractivity contribution is -0.110. The van der Waals surface area contributed by atoms with Gasteiger partial charge in [-0.25, -0.2) is 0 Å². The van der Waals surface area contributed by atoms with E-state index in [2.05, 4.69) is 72.2 Å².